The molecule has 3 heterocycles. The molecule has 2 aromatic heterocycles. The van der Waals surface area contributed by atoms with E-state index in [1.165, 1.54) is 5.69 Å². The molecule has 1 fully saturated rings. The van der Waals surface area contributed by atoms with E-state index in [0.29, 0.717) is 19.5 Å². The first-order valence-electron chi connectivity index (χ1n) is 11.3. The number of piperazine rings is 1. The summed E-state index contributed by atoms with van der Waals surface area (Å²) in [6, 6.07) is 20.3. The Balaban J connectivity index is 1.20. The van der Waals surface area contributed by atoms with Crippen molar-refractivity contribution in [3.63, 3.8) is 0 Å². The molecule has 1 amide bonds. The zero-order valence-electron chi connectivity index (χ0n) is 18.5. The summed E-state index contributed by atoms with van der Waals surface area (Å²) >= 11 is 0. The van der Waals surface area contributed by atoms with Crippen LogP contribution >= 0.6 is 0 Å². The molecule has 33 heavy (non-hydrogen) atoms. The quantitative estimate of drug-likeness (QED) is 0.475. The first kappa shape index (κ1) is 20.9. The number of benzene rings is 2. The highest BCUT2D eigenvalue weighted by molar-refractivity contribution is 5.86. The average molecular weight is 442 g/mol. The van der Waals surface area contributed by atoms with E-state index < -0.39 is 0 Å². The number of carbonyl (C=O) groups is 1. The van der Waals surface area contributed by atoms with E-state index in [4.69, 9.17) is 0 Å². The van der Waals surface area contributed by atoms with Crippen LogP contribution in [-0.2, 0) is 17.8 Å². The molecule has 2 aromatic carbocycles. The lowest BCUT2D eigenvalue weighted by molar-refractivity contribution is -0.120. The van der Waals surface area contributed by atoms with E-state index in [9.17, 15) is 4.79 Å². The molecule has 1 aliphatic heterocycles. The predicted molar refractivity (Wildman–Crippen MR) is 129 cm³/mol. The first-order chi connectivity index (χ1) is 16.3. The van der Waals surface area contributed by atoms with Crippen LogP contribution in [0.2, 0.25) is 0 Å². The Labute approximate surface area is 192 Å². The summed E-state index contributed by atoms with van der Waals surface area (Å²) in [4.78, 5) is 26.0. The van der Waals surface area contributed by atoms with E-state index in [0.717, 1.165) is 48.6 Å². The lowest BCUT2D eigenvalue weighted by Crippen LogP contribution is -2.46. The number of amides is 1. The zero-order valence-corrected chi connectivity index (χ0v) is 18.5. The lowest BCUT2D eigenvalue weighted by atomic mass is 10.1. The molecule has 0 radical (unpaired) electrons. The number of nitrogens with one attached hydrogen (secondary N) is 1. The Morgan fingerprint density at radius 2 is 1.58 bits per heavy atom. The number of hydrogen-bond acceptors (Lipinski definition) is 6. The monoisotopic (exact) mass is 441 g/mol. The fraction of sp³-hybridized carbons (Fsp3) is 0.280. The highest BCUT2D eigenvalue weighted by Crippen LogP contribution is 2.25. The highest BCUT2D eigenvalue weighted by atomic mass is 16.1. The molecule has 0 bridgehead atoms. The number of hydrogen-bond donors (Lipinski definition) is 1. The Morgan fingerprint density at radius 3 is 2.33 bits per heavy atom. The zero-order chi connectivity index (χ0) is 22.5. The van der Waals surface area contributed by atoms with Crippen LogP contribution < -0.4 is 15.1 Å². The number of nitrogens with zero attached hydrogens (tertiary/aromatic N) is 6. The molecule has 0 spiro atoms. The van der Waals surface area contributed by atoms with Gasteiger partial charge in [0, 0.05) is 38.4 Å². The molecule has 8 nitrogen and oxygen atoms in total. The normalized spacial score (nSPS) is 13.9. The minimum atomic E-state index is 0.00395. The Morgan fingerprint density at radius 1 is 0.879 bits per heavy atom. The summed E-state index contributed by atoms with van der Waals surface area (Å²) in [5, 5.41) is 8.44. The van der Waals surface area contributed by atoms with E-state index >= 15 is 0 Å². The SMILES string of the molecule is O=C(Cc1ccccc1)NCCn1ncc2c(N3CCN(c4ccccc4)CC3)ncnc21. The molecule has 1 saturated heterocycles. The van der Waals surface area contributed by atoms with Crippen molar-refractivity contribution < 1.29 is 4.79 Å². The molecule has 4 aromatic rings. The van der Waals surface area contributed by atoms with Gasteiger partial charge in [0.15, 0.2) is 5.65 Å². The first-order valence-corrected chi connectivity index (χ1v) is 11.3. The fourth-order valence-electron chi connectivity index (χ4n) is 4.26. The maximum Gasteiger partial charge on any atom is 0.224 e. The van der Waals surface area contributed by atoms with Gasteiger partial charge in [0.2, 0.25) is 5.91 Å². The van der Waals surface area contributed by atoms with Gasteiger partial charge in [-0.3, -0.25) is 4.79 Å². The van der Waals surface area contributed by atoms with Crippen LogP contribution in [0.25, 0.3) is 11.0 Å². The fourth-order valence-corrected chi connectivity index (χ4v) is 4.26. The van der Waals surface area contributed by atoms with Crippen molar-refractivity contribution in [3.8, 4) is 0 Å². The second-order valence-electron chi connectivity index (χ2n) is 8.12. The molecular weight excluding hydrogens is 414 g/mol. The van der Waals surface area contributed by atoms with Gasteiger partial charge >= 0.3 is 0 Å². The largest absolute Gasteiger partial charge is 0.368 e. The minimum absolute atomic E-state index is 0.00395. The summed E-state index contributed by atoms with van der Waals surface area (Å²) < 4.78 is 1.84. The van der Waals surface area contributed by atoms with Gasteiger partial charge in [0.05, 0.1) is 24.5 Å². The van der Waals surface area contributed by atoms with Crippen molar-refractivity contribution in [2.24, 2.45) is 0 Å². The number of fused-ring (bicyclic) bond motifs is 1. The number of para-hydroxylation sites is 1. The van der Waals surface area contributed by atoms with E-state index in [-0.39, 0.29) is 5.91 Å². The van der Waals surface area contributed by atoms with Crippen LogP contribution in [0.3, 0.4) is 0 Å². The van der Waals surface area contributed by atoms with E-state index in [2.05, 4.69) is 54.4 Å². The lowest BCUT2D eigenvalue weighted by Gasteiger charge is -2.36. The molecule has 1 N–H and O–H groups in total. The van der Waals surface area contributed by atoms with Gasteiger partial charge in [0.25, 0.3) is 0 Å². The van der Waals surface area contributed by atoms with E-state index in [1.54, 1.807) is 6.33 Å². The molecule has 5 rings (SSSR count). The van der Waals surface area contributed by atoms with Crippen LogP contribution in [0.15, 0.2) is 73.2 Å². The number of carbonyl (C=O) groups excluding carboxylic acids is 1. The Bertz CT molecular complexity index is 1200. The minimum Gasteiger partial charge on any atom is -0.368 e. The summed E-state index contributed by atoms with van der Waals surface area (Å²) in [5.74, 6) is 0.927. The van der Waals surface area contributed by atoms with Crippen molar-refractivity contribution in [1.29, 1.82) is 0 Å². The van der Waals surface area contributed by atoms with Crippen molar-refractivity contribution in [1.82, 2.24) is 25.1 Å². The number of anilines is 2. The predicted octanol–water partition coefficient (Wildman–Crippen LogP) is 2.51. The molecule has 0 saturated carbocycles. The van der Waals surface area contributed by atoms with Crippen LogP contribution in [0.5, 0.6) is 0 Å². The molecule has 0 aliphatic carbocycles. The molecular formula is C25H27N7O. The third-order valence-corrected chi connectivity index (χ3v) is 5.97. The number of rotatable bonds is 7. The summed E-state index contributed by atoms with van der Waals surface area (Å²) in [6.07, 6.45) is 3.81. The van der Waals surface area contributed by atoms with Crippen LogP contribution in [0.1, 0.15) is 5.56 Å². The molecule has 1 aliphatic rings. The van der Waals surface area contributed by atoms with Crippen molar-refractivity contribution in [2.45, 2.75) is 13.0 Å². The van der Waals surface area contributed by atoms with Gasteiger partial charge in [-0.05, 0) is 17.7 Å². The average Bonchev–Trinajstić information content (AvgIpc) is 3.28. The third kappa shape index (κ3) is 4.79. The van der Waals surface area contributed by atoms with Gasteiger partial charge in [-0.2, -0.15) is 5.10 Å². The third-order valence-electron chi connectivity index (χ3n) is 5.97. The standard InChI is InChI=1S/C25H27N7O/c33-23(17-20-7-3-1-4-8-20)26-11-12-32-25-22(18-29-32)24(27-19-28-25)31-15-13-30(14-16-31)21-9-5-2-6-10-21/h1-10,18-19H,11-17H2,(H,26,33). The van der Waals surface area contributed by atoms with Gasteiger partial charge in [-0.15, -0.1) is 0 Å². The van der Waals surface area contributed by atoms with Gasteiger partial charge in [-0.25, -0.2) is 14.6 Å². The molecule has 0 unspecified atom stereocenters. The van der Waals surface area contributed by atoms with Crippen LogP contribution in [-0.4, -0.2) is 58.4 Å². The number of aromatic nitrogens is 4. The molecule has 168 valence electrons. The molecule has 8 heteroatoms. The van der Waals surface area contributed by atoms with Crippen LogP contribution in [0, 0.1) is 0 Å². The Hall–Kier alpha value is -3.94. The van der Waals surface area contributed by atoms with E-state index in [1.807, 2.05) is 47.3 Å². The maximum atomic E-state index is 12.2. The van der Waals surface area contributed by atoms with Gasteiger partial charge < -0.3 is 15.1 Å². The summed E-state index contributed by atoms with van der Waals surface area (Å²) in [5.41, 5.74) is 3.05. The highest BCUT2D eigenvalue weighted by Gasteiger charge is 2.21. The second kappa shape index (κ2) is 9.68. The smallest absolute Gasteiger partial charge is 0.224 e. The Kier molecular flexibility index (Phi) is 6.14. The van der Waals surface area contributed by atoms with Crippen LogP contribution in [0.4, 0.5) is 11.5 Å². The van der Waals surface area contributed by atoms with Crippen molar-refractivity contribution in [3.05, 3.63) is 78.8 Å². The van der Waals surface area contributed by atoms with Gasteiger partial charge in [0.1, 0.15) is 12.1 Å². The topological polar surface area (TPSA) is 79.2 Å². The van der Waals surface area contributed by atoms with Crippen molar-refractivity contribution >= 4 is 28.4 Å². The maximum absolute atomic E-state index is 12.2. The van der Waals surface area contributed by atoms with Gasteiger partial charge in [-0.1, -0.05) is 48.5 Å². The summed E-state index contributed by atoms with van der Waals surface area (Å²) in [6.45, 7) is 4.72. The van der Waals surface area contributed by atoms with Crippen molar-refractivity contribution in [2.75, 3.05) is 42.5 Å². The summed E-state index contributed by atoms with van der Waals surface area (Å²) in [7, 11) is 0. The second-order valence-corrected chi connectivity index (χ2v) is 8.12. The molecule has 0 atom stereocenters.